The maximum Gasteiger partial charge on any atom is 0.0574 e. The monoisotopic (exact) mass is 223 g/mol. The number of rotatable bonds is 3. The molecule has 0 amide bonds. The van der Waals surface area contributed by atoms with Crippen LogP contribution in [0, 0.1) is 0 Å². The normalized spacial score (nSPS) is 16.5. The highest BCUT2D eigenvalue weighted by atomic mass is 32.2. The first-order valence-corrected chi connectivity index (χ1v) is 6.57. The lowest BCUT2D eigenvalue weighted by atomic mass is 10.3. The predicted octanol–water partition coefficient (Wildman–Crippen LogP) is 2.07. The second-order valence-electron chi connectivity index (χ2n) is 3.56. The molecule has 0 aromatic carbocycles. The predicted molar refractivity (Wildman–Crippen MR) is 67.9 cm³/mol. The van der Waals surface area contributed by atoms with Crippen LogP contribution in [0.4, 0.5) is 11.4 Å². The minimum absolute atomic E-state index is 0.945. The van der Waals surface area contributed by atoms with Crippen molar-refractivity contribution in [2.24, 2.45) is 0 Å². The van der Waals surface area contributed by atoms with Crippen molar-refractivity contribution in [2.75, 3.05) is 41.4 Å². The van der Waals surface area contributed by atoms with Crippen LogP contribution < -0.4 is 10.2 Å². The fourth-order valence-electron chi connectivity index (χ4n) is 1.72. The summed E-state index contributed by atoms with van der Waals surface area (Å²) in [6, 6.07) is 2.19. The molecule has 1 aromatic heterocycles. The molecule has 1 N–H and O–H groups in total. The highest BCUT2D eigenvalue weighted by Gasteiger charge is 2.11. The number of nitrogens with one attached hydrogen (secondary N) is 1. The van der Waals surface area contributed by atoms with Crippen LogP contribution in [0.3, 0.4) is 0 Å². The van der Waals surface area contributed by atoms with Gasteiger partial charge in [-0.25, -0.2) is 0 Å². The van der Waals surface area contributed by atoms with Crippen molar-refractivity contribution < 1.29 is 0 Å². The van der Waals surface area contributed by atoms with Gasteiger partial charge in [0.1, 0.15) is 0 Å². The second-order valence-corrected chi connectivity index (χ2v) is 4.79. The molecule has 0 radical (unpaired) electrons. The Balaban J connectivity index is 2.09. The van der Waals surface area contributed by atoms with E-state index in [-0.39, 0.29) is 0 Å². The summed E-state index contributed by atoms with van der Waals surface area (Å²) in [5.74, 6) is 2.46. The molecule has 3 nitrogen and oxygen atoms in total. The number of aromatic nitrogens is 1. The molecule has 0 unspecified atom stereocenters. The summed E-state index contributed by atoms with van der Waals surface area (Å²) in [5, 5.41) is 3.29. The Morgan fingerprint density at radius 3 is 2.93 bits per heavy atom. The van der Waals surface area contributed by atoms with Crippen molar-refractivity contribution in [1.29, 1.82) is 0 Å². The van der Waals surface area contributed by atoms with Gasteiger partial charge in [-0.3, -0.25) is 4.98 Å². The van der Waals surface area contributed by atoms with Gasteiger partial charge >= 0.3 is 0 Å². The van der Waals surface area contributed by atoms with Crippen molar-refractivity contribution in [1.82, 2.24) is 4.98 Å². The Labute approximate surface area is 95.3 Å². The van der Waals surface area contributed by atoms with Gasteiger partial charge in [0.25, 0.3) is 0 Å². The summed E-state index contributed by atoms with van der Waals surface area (Å²) >= 11 is 2.03. The summed E-state index contributed by atoms with van der Waals surface area (Å²) in [7, 11) is 0. The molecule has 0 aliphatic carbocycles. The quantitative estimate of drug-likeness (QED) is 0.849. The third-order valence-corrected chi connectivity index (χ3v) is 3.42. The highest BCUT2D eigenvalue weighted by Crippen LogP contribution is 2.21. The van der Waals surface area contributed by atoms with Crippen LogP contribution in [0.1, 0.15) is 6.92 Å². The van der Waals surface area contributed by atoms with E-state index in [1.54, 1.807) is 0 Å². The summed E-state index contributed by atoms with van der Waals surface area (Å²) in [5.41, 5.74) is 2.36. The SMILES string of the molecule is CCNc1cncc(N2CCSCC2)c1. The van der Waals surface area contributed by atoms with E-state index in [0.717, 1.165) is 25.3 Å². The fourth-order valence-corrected chi connectivity index (χ4v) is 2.63. The fraction of sp³-hybridized carbons (Fsp3) is 0.545. The summed E-state index contributed by atoms with van der Waals surface area (Å²) in [6.45, 7) is 5.33. The number of hydrogen-bond donors (Lipinski definition) is 1. The van der Waals surface area contributed by atoms with Gasteiger partial charge in [0, 0.05) is 31.1 Å². The van der Waals surface area contributed by atoms with Gasteiger partial charge in [0.05, 0.1) is 23.8 Å². The van der Waals surface area contributed by atoms with Crippen LogP contribution in [-0.2, 0) is 0 Å². The van der Waals surface area contributed by atoms with E-state index >= 15 is 0 Å². The first kappa shape index (κ1) is 10.6. The lowest BCUT2D eigenvalue weighted by Crippen LogP contribution is -2.32. The molecule has 15 heavy (non-hydrogen) atoms. The van der Waals surface area contributed by atoms with E-state index in [1.165, 1.54) is 17.2 Å². The lowest BCUT2D eigenvalue weighted by molar-refractivity contribution is 0.855. The minimum Gasteiger partial charge on any atom is -0.384 e. The first-order valence-electron chi connectivity index (χ1n) is 5.42. The van der Waals surface area contributed by atoms with E-state index in [9.17, 15) is 0 Å². The highest BCUT2D eigenvalue weighted by molar-refractivity contribution is 7.99. The molecule has 0 bridgehead atoms. The summed E-state index contributed by atoms with van der Waals surface area (Å²) in [4.78, 5) is 6.67. The van der Waals surface area contributed by atoms with Gasteiger partial charge < -0.3 is 10.2 Å². The maximum atomic E-state index is 4.27. The van der Waals surface area contributed by atoms with E-state index in [0.29, 0.717) is 0 Å². The van der Waals surface area contributed by atoms with Crippen LogP contribution in [0.2, 0.25) is 0 Å². The van der Waals surface area contributed by atoms with Gasteiger partial charge in [-0.15, -0.1) is 0 Å². The molecule has 1 aliphatic heterocycles. The van der Waals surface area contributed by atoms with Crippen LogP contribution in [0.15, 0.2) is 18.5 Å². The van der Waals surface area contributed by atoms with Gasteiger partial charge in [0.2, 0.25) is 0 Å². The average molecular weight is 223 g/mol. The summed E-state index contributed by atoms with van der Waals surface area (Å²) in [6.07, 6.45) is 3.84. The number of anilines is 2. The zero-order chi connectivity index (χ0) is 10.5. The smallest absolute Gasteiger partial charge is 0.0574 e. The largest absolute Gasteiger partial charge is 0.384 e. The van der Waals surface area contributed by atoms with Crippen LogP contribution in [0.25, 0.3) is 0 Å². The summed E-state index contributed by atoms with van der Waals surface area (Å²) < 4.78 is 0. The Hall–Kier alpha value is -0.900. The van der Waals surface area contributed by atoms with E-state index in [4.69, 9.17) is 0 Å². The van der Waals surface area contributed by atoms with Gasteiger partial charge in [-0.2, -0.15) is 11.8 Å². The van der Waals surface area contributed by atoms with Gasteiger partial charge in [0.15, 0.2) is 0 Å². The molecule has 0 spiro atoms. The molecule has 1 fully saturated rings. The lowest BCUT2D eigenvalue weighted by Gasteiger charge is -2.28. The molecule has 0 saturated carbocycles. The molecule has 2 heterocycles. The molecule has 1 aliphatic rings. The van der Waals surface area contributed by atoms with E-state index < -0.39 is 0 Å². The van der Waals surface area contributed by atoms with Crippen LogP contribution in [0.5, 0.6) is 0 Å². The van der Waals surface area contributed by atoms with E-state index in [2.05, 4.69) is 28.2 Å². The molecule has 1 aromatic rings. The number of thioether (sulfide) groups is 1. The van der Waals surface area contributed by atoms with Crippen molar-refractivity contribution >= 4 is 23.1 Å². The zero-order valence-corrected chi connectivity index (χ0v) is 9.89. The molecule has 82 valence electrons. The van der Waals surface area contributed by atoms with Gasteiger partial charge in [-0.1, -0.05) is 0 Å². The molecular formula is C11H17N3S. The Morgan fingerprint density at radius 1 is 1.40 bits per heavy atom. The van der Waals surface area contributed by atoms with Crippen LogP contribution in [-0.4, -0.2) is 36.1 Å². The first-order chi connectivity index (χ1) is 7.40. The van der Waals surface area contributed by atoms with Crippen molar-refractivity contribution in [2.45, 2.75) is 6.92 Å². The second kappa shape index (κ2) is 5.26. The Morgan fingerprint density at radius 2 is 2.20 bits per heavy atom. The Bertz CT molecular complexity index is 310. The molecule has 1 saturated heterocycles. The molecule has 4 heteroatoms. The van der Waals surface area contributed by atoms with Gasteiger partial charge in [-0.05, 0) is 13.0 Å². The average Bonchev–Trinajstić information content (AvgIpc) is 2.31. The van der Waals surface area contributed by atoms with Crippen molar-refractivity contribution in [3.05, 3.63) is 18.5 Å². The van der Waals surface area contributed by atoms with Crippen molar-refractivity contribution in [3.63, 3.8) is 0 Å². The minimum atomic E-state index is 0.945. The number of pyridine rings is 1. The standard InChI is InChI=1S/C11H17N3S/c1-2-13-10-7-11(9-12-8-10)14-3-5-15-6-4-14/h7-9,13H,2-6H2,1H3. The number of nitrogens with zero attached hydrogens (tertiary/aromatic N) is 2. The molecular weight excluding hydrogens is 206 g/mol. The van der Waals surface area contributed by atoms with Crippen LogP contribution >= 0.6 is 11.8 Å². The van der Waals surface area contributed by atoms with E-state index in [1.807, 2.05) is 24.2 Å². The molecule has 0 atom stereocenters. The van der Waals surface area contributed by atoms with Crippen molar-refractivity contribution in [3.8, 4) is 0 Å². The third-order valence-electron chi connectivity index (χ3n) is 2.48. The third kappa shape index (κ3) is 2.78. The topological polar surface area (TPSA) is 28.2 Å². The maximum absolute atomic E-state index is 4.27. The molecule has 2 rings (SSSR count). The number of hydrogen-bond acceptors (Lipinski definition) is 4. The Kier molecular flexibility index (Phi) is 3.72. The zero-order valence-electron chi connectivity index (χ0n) is 9.07.